The molecular formula is C6H8O2. The monoisotopic (exact) mass is 112 g/mol. The maximum absolute atomic E-state index is 8.63. The van der Waals surface area contributed by atoms with Crippen molar-refractivity contribution in [2.24, 2.45) is 5.92 Å². The Morgan fingerprint density at radius 1 is 1.50 bits per heavy atom. The molecule has 1 saturated heterocycles. The van der Waals surface area contributed by atoms with E-state index in [0.717, 1.165) is 0 Å². The van der Waals surface area contributed by atoms with Gasteiger partial charge < -0.3 is 9.84 Å². The van der Waals surface area contributed by atoms with Crippen LogP contribution >= 0.6 is 0 Å². The number of hydrogen-bond acceptors (Lipinski definition) is 2. The number of aliphatic hydroxyl groups is 1. The molecule has 2 nitrogen and oxygen atoms in total. The van der Waals surface area contributed by atoms with Crippen LogP contribution in [0.3, 0.4) is 0 Å². The third-order valence-electron chi connectivity index (χ3n) is 1.74. The highest BCUT2D eigenvalue weighted by molar-refractivity contribution is 5.17. The number of aliphatic hydroxyl groups excluding tert-OH is 1. The molecule has 0 aromatic carbocycles. The lowest BCUT2D eigenvalue weighted by molar-refractivity contribution is 0.219. The van der Waals surface area contributed by atoms with Crippen LogP contribution in [0.1, 0.15) is 0 Å². The van der Waals surface area contributed by atoms with Crippen LogP contribution in [-0.4, -0.2) is 23.9 Å². The summed E-state index contributed by atoms with van der Waals surface area (Å²) in [7, 11) is 0. The van der Waals surface area contributed by atoms with Gasteiger partial charge in [-0.05, 0) is 0 Å². The van der Waals surface area contributed by atoms with E-state index in [1.165, 1.54) is 0 Å². The van der Waals surface area contributed by atoms with Crippen LogP contribution in [0.5, 0.6) is 0 Å². The summed E-state index contributed by atoms with van der Waals surface area (Å²) >= 11 is 0. The van der Waals surface area contributed by atoms with E-state index in [9.17, 15) is 0 Å². The van der Waals surface area contributed by atoms with Gasteiger partial charge in [0.1, 0.15) is 6.10 Å². The molecule has 2 aliphatic rings. The summed E-state index contributed by atoms with van der Waals surface area (Å²) in [5.74, 6) is 0.292. The van der Waals surface area contributed by atoms with Gasteiger partial charge in [-0.15, -0.1) is 0 Å². The van der Waals surface area contributed by atoms with Gasteiger partial charge >= 0.3 is 0 Å². The molecule has 1 fully saturated rings. The highest BCUT2D eigenvalue weighted by Gasteiger charge is 2.45. The quantitative estimate of drug-likeness (QED) is 0.380. The van der Waals surface area contributed by atoms with Crippen LogP contribution in [-0.2, 0) is 4.74 Å². The second-order valence-electron chi connectivity index (χ2n) is 2.30. The molecule has 1 N–H and O–H groups in total. The van der Waals surface area contributed by atoms with E-state index in [1.54, 1.807) is 0 Å². The number of hydrogen-bond donors (Lipinski definition) is 1. The molecule has 3 unspecified atom stereocenters. The average Bonchev–Trinajstić information content (AvgIpc) is 2.46. The molecule has 2 rings (SSSR count). The first-order valence-corrected chi connectivity index (χ1v) is 2.86. The van der Waals surface area contributed by atoms with E-state index in [-0.39, 0.29) is 6.61 Å². The van der Waals surface area contributed by atoms with Crippen molar-refractivity contribution in [3.8, 4) is 0 Å². The highest BCUT2D eigenvalue weighted by Crippen LogP contribution is 2.36. The SMILES string of the molecule is OCC1C=CC2OC12. The number of fused-ring (bicyclic) bond motifs is 1. The van der Waals surface area contributed by atoms with Crippen molar-refractivity contribution in [1.29, 1.82) is 0 Å². The van der Waals surface area contributed by atoms with E-state index in [4.69, 9.17) is 9.84 Å². The summed E-state index contributed by atoms with van der Waals surface area (Å²) < 4.78 is 5.11. The van der Waals surface area contributed by atoms with E-state index in [2.05, 4.69) is 0 Å². The maximum atomic E-state index is 8.63. The predicted molar refractivity (Wildman–Crippen MR) is 28.4 cm³/mol. The molecule has 44 valence electrons. The van der Waals surface area contributed by atoms with Crippen LogP contribution < -0.4 is 0 Å². The fraction of sp³-hybridized carbons (Fsp3) is 0.667. The normalized spacial score (nSPS) is 49.4. The number of rotatable bonds is 1. The molecule has 1 aliphatic heterocycles. The molecule has 1 heterocycles. The summed E-state index contributed by atoms with van der Waals surface area (Å²) in [5.41, 5.74) is 0. The van der Waals surface area contributed by atoms with Crippen LogP contribution in [0.4, 0.5) is 0 Å². The van der Waals surface area contributed by atoms with E-state index >= 15 is 0 Å². The topological polar surface area (TPSA) is 32.8 Å². The first-order valence-electron chi connectivity index (χ1n) is 2.86. The van der Waals surface area contributed by atoms with Crippen molar-refractivity contribution in [1.82, 2.24) is 0 Å². The standard InChI is InChI=1S/C6H8O2/c7-3-4-1-2-5-6(4)8-5/h1-2,4-7H,3H2. The summed E-state index contributed by atoms with van der Waals surface area (Å²) in [6.07, 6.45) is 4.73. The van der Waals surface area contributed by atoms with Gasteiger partial charge in [-0.2, -0.15) is 0 Å². The fourth-order valence-electron chi connectivity index (χ4n) is 1.16. The van der Waals surface area contributed by atoms with Gasteiger partial charge in [-0.25, -0.2) is 0 Å². The van der Waals surface area contributed by atoms with Gasteiger partial charge in [0, 0.05) is 5.92 Å². The minimum atomic E-state index is 0.234. The highest BCUT2D eigenvalue weighted by atomic mass is 16.6. The lowest BCUT2D eigenvalue weighted by Crippen LogP contribution is -2.07. The summed E-state index contributed by atoms with van der Waals surface area (Å²) in [6, 6.07) is 0. The Kier molecular flexibility index (Phi) is 0.754. The first-order chi connectivity index (χ1) is 3.92. The van der Waals surface area contributed by atoms with Gasteiger partial charge in [0.15, 0.2) is 0 Å². The van der Waals surface area contributed by atoms with E-state index in [0.29, 0.717) is 18.1 Å². The Balaban J connectivity index is 2.07. The lowest BCUT2D eigenvalue weighted by Gasteiger charge is -1.98. The summed E-state index contributed by atoms with van der Waals surface area (Å²) in [6.45, 7) is 0.234. The third kappa shape index (κ3) is 0.443. The third-order valence-corrected chi connectivity index (χ3v) is 1.74. The summed E-state index contributed by atoms with van der Waals surface area (Å²) in [4.78, 5) is 0. The van der Waals surface area contributed by atoms with Gasteiger partial charge in [-0.3, -0.25) is 0 Å². The van der Waals surface area contributed by atoms with Crippen LogP contribution in [0.25, 0.3) is 0 Å². The molecule has 2 heteroatoms. The van der Waals surface area contributed by atoms with Crippen molar-refractivity contribution < 1.29 is 9.84 Å². The Labute approximate surface area is 47.8 Å². The Morgan fingerprint density at radius 2 is 2.38 bits per heavy atom. The average molecular weight is 112 g/mol. The van der Waals surface area contributed by atoms with Crippen molar-refractivity contribution >= 4 is 0 Å². The predicted octanol–water partition coefficient (Wildman–Crippen LogP) is -0.0679. The minimum absolute atomic E-state index is 0.234. The van der Waals surface area contributed by atoms with Crippen LogP contribution in [0, 0.1) is 5.92 Å². The largest absolute Gasteiger partial charge is 0.396 e. The Bertz CT molecular complexity index is 130. The second kappa shape index (κ2) is 1.33. The Morgan fingerprint density at radius 3 is 2.62 bits per heavy atom. The van der Waals surface area contributed by atoms with Crippen molar-refractivity contribution in [2.75, 3.05) is 6.61 Å². The fourth-order valence-corrected chi connectivity index (χ4v) is 1.16. The van der Waals surface area contributed by atoms with E-state index < -0.39 is 0 Å². The van der Waals surface area contributed by atoms with E-state index in [1.807, 2.05) is 12.2 Å². The first kappa shape index (κ1) is 4.53. The van der Waals surface area contributed by atoms with Crippen molar-refractivity contribution in [2.45, 2.75) is 12.2 Å². The minimum Gasteiger partial charge on any atom is -0.396 e. The zero-order valence-corrected chi connectivity index (χ0v) is 4.45. The lowest BCUT2D eigenvalue weighted by atomic mass is 10.1. The molecule has 0 amide bonds. The molecule has 1 aliphatic carbocycles. The van der Waals surface area contributed by atoms with Gasteiger partial charge in [0.25, 0.3) is 0 Å². The molecule has 0 saturated carbocycles. The van der Waals surface area contributed by atoms with Crippen molar-refractivity contribution in [3.63, 3.8) is 0 Å². The second-order valence-corrected chi connectivity index (χ2v) is 2.30. The van der Waals surface area contributed by atoms with Crippen molar-refractivity contribution in [3.05, 3.63) is 12.2 Å². The molecule has 0 aromatic rings. The van der Waals surface area contributed by atoms with Gasteiger partial charge in [-0.1, -0.05) is 12.2 Å². The molecule has 0 aromatic heterocycles. The molecule has 3 atom stereocenters. The number of epoxide rings is 1. The summed E-state index contributed by atoms with van der Waals surface area (Å²) in [5, 5.41) is 8.63. The van der Waals surface area contributed by atoms with Crippen LogP contribution in [0.2, 0.25) is 0 Å². The smallest absolute Gasteiger partial charge is 0.103 e. The molecular weight excluding hydrogens is 104 g/mol. The van der Waals surface area contributed by atoms with Gasteiger partial charge in [0.2, 0.25) is 0 Å². The molecule has 0 bridgehead atoms. The van der Waals surface area contributed by atoms with Gasteiger partial charge in [0.05, 0.1) is 12.7 Å². The maximum Gasteiger partial charge on any atom is 0.103 e. The zero-order chi connectivity index (χ0) is 5.56. The Hall–Kier alpha value is -0.340. The molecule has 8 heavy (non-hydrogen) atoms. The van der Waals surface area contributed by atoms with Crippen LogP contribution in [0.15, 0.2) is 12.2 Å². The zero-order valence-electron chi connectivity index (χ0n) is 4.45. The molecule has 0 radical (unpaired) electrons. The number of ether oxygens (including phenoxy) is 1. The molecule has 0 spiro atoms.